The first-order valence-corrected chi connectivity index (χ1v) is 11.9. The average Bonchev–Trinajstić information content (AvgIpc) is 3.54. The molecular formula is C28H23FN4O3S. The molecule has 5 rings (SSSR count). The summed E-state index contributed by atoms with van der Waals surface area (Å²) >= 11 is 5.54. The van der Waals surface area contributed by atoms with Crippen LogP contribution in [0.15, 0.2) is 89.5 Å². The van der Waals surface area contributed by atoms with Gasteiger partial charge in [-0.05, 0) is 48.1 Å². The van der Waals surface area contributed by atoms with Gasteiger partial charge >= 0.3 is 5.97 Å². The molecule has 0 aliphatic heterocycles. The summed E-state index contributed by atoms with van der Waals surface area (Å²) in [5.74, 6) is -0.378. The summed E-state index contributed by atoms with van der Waals surface area (Å²) < 4.78 is 24.6. The van der Waals surface area contributed by atoms with E-state index in [2.05, 4.69) is 20.6 Å². The Morgan fingerprint density at radius 2 is 1.81 bits per heavy atom. The lowest BCUT2D eigenvalue weighted by Gasteiger charge is -2.18. The maximum Gasteiger partial charge on any atom is 0.360 e. The van der Waals surface area contributed by atoms with E-state index in [9.17, 15) is 9.18 Å². The lowest BCUT2D eigenvalue weighted by molar-refractivity contribution is 0.0595. The molecule has 0 saturated carbocycles. The summed E-state index contributed by atoms with van der Waals surface area (Å²) in [6.07, 6.45) is 2.25. The number of thiocarbonyl (C=S) groups is 1. The lowest BCUT2D eigenvalue weighted by atomic mass is 10.1. The van der Waals surface area contributed by atoms with Crippen molar-refractivity contribution in [2.75, 3.05) is 12.4 Å². The maximum absolute atomic E-state index is 13.3. The van der Waals surface area contributed by atoms with Gasteiger partial charge in [-0.1, -0.05) is 48.5 Å². The monoisotopic (exact) mass is 514 g/mol. The molecule has 9 heteroatoms. The van der Waals surface area contributed by atoms with Crippen LogP contribution in [0.2, 0.25) is 0 Å². The highest BCUT2D eigenvalue weighted by molar-refractivity contribution is 7.80. The van der Waals surface area contributed by atoms with Crippen molar-refractivity contribution < 1.29 is 18.3 Å². The number of rotatable bonds is 7. The Balaban J connectivity index is 1.52. The molecule has 3 N–H and O–H groups in total. The van der Waals surface area contributed by atoms with Crippen molar-refractivity contribution in [3.05, 3.63) is 108 Å². The maximum atomic E-state index is 13.3. The molecule has 0 aliphatic rings. The number of nitrogens with zero attached hydrogens (tertiary/aromatic N) is 1. The summed E-state index contributed by atoms with van der Waals surface area (Å²) in [4.78, 5) is 20.5. The van der Waals surface area contributed by atoms with Crippen LogP contribution in [-0.2, 0) is 11.2 Å². The fraction of sp³-hybridized carbons (Fsp3) is 0.107. The van der Waals surface area contributed by atoms with Crippen molar-refractivity contribution in [3.63, 3.8) is 0 Å². The topological polar surface area (TPSA) is 92.2 Å². The highest BCUT2D eigenvalue weighted by Crippen LogP contribution is 2.34. The molecule has 2 heterocycles. The lowest BCUT2D eigenvalue weighted by Crippen LogP contribution is -2.33. The third kappa shape index (κ3) is 5.36. The zero-order valence-electron chi connectivity index (χ0n) is 19.8. The van der Waals surface area contributed by atoms with Crippen molar-refractivity contribution >= 4 is 39.9 Å². The Hall–Kier alpha value is -4.50. The molecular weight excluding hydrogens is 491 g/mol. The highest BCUT2D eigenvalue weighted by Gasteiger charge is 2.28. The van der Waals surface area contributed by atoms with Gasteiger partial charge < -0.3 is 24.8 Å². The van der Waals surface area contributed by atoms with Crippen molar-refractivity contribution in [3.8, 4) is 11.3 Å². The molecule has 0 spiro atoms. The second-order valence-electron chi connectivity index (χ2n) is 8.32. The number of aromatic amines is 1. The van der Waals surface area contributed by atoms with Crippen molar-refractivity contribution in [1.29, 1.82) is 0 Å². The van der Waals surface area contributed by atoms with E-state index in [0.717, 1.165) is 16.5 Å². The predicted octanol–water partition coefficient (Wildman–Crippen LogP) is 6.02. The number of fused-ring (bicyclic) bond motifs is 1. The number of esters is 1. The molecule has 0 amide bonds. The SMILES string of the molecule is COC(=O)c1nc([C@H](Cc2ccccc2)NC(=S)Nc2ccc(F)cc2)oc1-c1c[nH]c2ccccc12. The molecule has 0 bridgehead atoms. The number of hydrogen-bond acceptors (Lipinski definition) is 5. The van der Waals surface area contributed by atoms with Crippen LogP contribution in [0.25, 0.3) is 22.2 Å². The number of methoxy groups -OCH3 is 1. The van der Waals surface area contributed by atoms with E-state index < -0.39 is 12.0 Å². The molecule has 7 nitrogen and oxygen atoms in total. The van der Waals surface area contributed by atoms with Crippen LogP contribution in [0.4, 0.5) is 10.1 Å². The fourth-order valence-corrected chi connectivity index (χ4v) is 4.33. The number of anilines is 1. The normalized spacial score (nSPS) is 11.7. The minimum atomic E-state index is -0.610. The zero-order valence-corrected chi connectivity index (χ0v) is 20.6. The number of oxazole rings is 1. The van der Waals surface area contributed by atoms with Crippen LogP contribution in [0.3, 0.4) is 0 Å². The van der Waals surface area contributed by atoms with Crippen LogP contribution >= 0.6 is 12.2 Å². The molecule has 1 atom stereocenters. The third-order valence-corrected chi connectivity index (χ3v) is 6.06. The standard InChI is InChI=1S/C28H23FN4O3S/c1-35-27(34)24-25(21-16-30-22-10-6-5-9-20(21)22)36-26(33-24)23(15-17-7-3-2-4-8-17)32-28(37)31-19-13-11-18(29)12-14-19/h2-14,16,23,30H,15H2,1H3,(H2,31,32,37)/t23-/m0/s1. The van der Waals surface area contributed by atoms with Gasteiger partial charge in [0.05, 0.1) is 7.11 Å². The average molecular weight is 515 g/mol. The highest BCUT2D eigenvalue weighted by atomic mass is 32.1. The van der Waals surface area contributed by atoms with Gasteiger partial charge in [0.2, 0.25) is 5.89 Å². The van der Waals surface area contributed by atoms with Crippen LogP contribution in [0.1, 0.15) is 28.0 Å². The largest absolute Gasteiger partial charge is 0.464 e. The summed E-state index contributed by atoms with van der Waals surface area (Å²) in [6, 6.07) is 22.8. The van der Waals surface area contributed by atoms with Crippen LogP contribution in [-0.4, -0.2) is 28.2 Å². The molecule has 0 unspecified atom stereocenters. The quantitative estimate of drug-likeness (QED) is 0.181. The summed E-state index contributed by atoms with van der Waals surface area (Å²) in [5, 5.41) is 7.46. The summed E-state index contributed by atoms with van der Waals surface area (Å²) in [6.45, 7) is 0. The van der Waals surface area contributed by atoms with Crippen molar-refractivity contribution in [1.82, 2.24) is 15.3 Å². The molecule has 3 aromatic carbocycles. The van der Waals surface area contributed by atoms with E-state index in [4.69, 9.17) is 21.4 Å². The molecule has 2 aromatic heterocycles. The Morgan fingerprint density at radius 1 is 1.08 bits per heavy atom. The number of aromatic nitrogens is 2. The van der Waals surface area contributed by atoms with E-state index in [1.54, 1.807) is 18.3 Å². The number of halogens is 1. The Bertz CT molecular complexity index is 1550. The minimum absolute atomic E-state index is 0.0690. The second-order valence-corrected chi connectivity index (χ2v) is 8.73. The van der Waals surface area contributed by atoms with E-state index in [-0.39, 0.29) is 17.4 Å². The van der Waals surface area contributed by atoms with Gasteiger partial charge in [-0.25, -0.2) is 14.2 Å². The second kappa shape index (κ2) is 10.6. The van der Waals surface area contributed by atoms with E-state index >= 15 is 0 Å². The van der Waals surface area contributed by atoms with Gasteiger partial charge in [-0.2, -0.15) is 0 Å². The molecule has 0 aliphatic carbocycles. The number of H-pyrrole nitrogens is 1. The van der Waals surface area contributed by atoms with Gasteiger partial charge in [0.15, 0.2) is 16.6 Å². The van der Waals surface area contributed by atoms with Gasteiger partial charge in [0.1, 0.15) is 11.9 Å². The minimum Gasteiger partial charge on any atom is -0.464 e. The van der Waals surface area contributed by atoms with E-state index in [0.29, 0.717) is 28.5 Å². The number of benzene rings is 3. The fourth-order valence-electron chi connectivity index (χ4n) is 4.07. The van der Waals surface area contributed by atoms with Crippen LogP contribution < -0.4 is 10.6 Å². The number of nitrogens with one attached hydrogen (secondary N) is 3. The van der Waals surface area contributed by atoms with E-state index in [1.807, 2.05) is 54.6 Å². The molecule has 0 radical (unpaired) electrons. The van der Waals surface area contributed by atoms with Crippen LogP contribution in [0.5, 0.6) is 0 Å². The number of para-hydroxylation sites is 1. The predicted molar refractivity (Wildman–Crippen MR) is 144 cm³/mol. The summed E-state index contributed by atoms with van der Waals surface area (Å²) in [5.41, 5.74) is 3.30. The zero-order chi connectivity index (χ0) is 25.8. The Morgan fingerprint density at radius 3 is 2.57 bits per heavy atom. The van der Waals surface area contributed by atoms with Crippen molar-refractivity contribution in [2.24, 2.45) is 0 Å². The number of carbonyl (C=O) groups is 1. The Labute approximate surface area is 217 Å². The molecule has 5 aromatic rings. The number of carbonyl (C=O) groups excluding carboxylic acids is 1. The van der Waals surface area contributed by atoms with Gasteiger partial charge in [-0.3, -0.25) is 0 Å². The van der Waals surface area contributed by atoms with E-state index in [1.165, 1.54) is 19.2 Å². The third-order valence-electron chi connectivity index (χ3n) is 5.84. The summed E-state index contributed by atoms with van der Waals surface area (Å²) in [7, 11) is 1.30. The van der Waals surface area contributed by atoms with Crippen molar-refractivity contribution in [2.45, 2.75) is 12.5 Å². The van der Waals surface area contributed by atoms with Gasteiger partial charge in [0.25, 0.3) is 0 Å². The van der Waals surface area contributed by atoms with Crippen LogP contribution in [0, 0.1) is 5.82 Å². The molecule has 0 saturated heterocycles. The smallest absolute Gasteiger partial charge is 0.360 e. The van der Waals surface area contributed by atoms with Gasteiger partial charge in [0, 0.05) is 34.8 Å². The number of ether oxygens (including phenoxy) is 1. The first-order valence-electron chi connectivity index (χ1n) is 11.5. The van der Waals surface area contributed by atoms with Gasteiger partial charge in [-0.15, -0.1) is 0 Å². The molecule has 186 valence electrons. The molecule has 37 heavy (non-hydrogen) atoms. The number of hydrogen-bond donors (Lipinski definition) is 3. The Kier molecular flexibility index (Phi) is 6.96. The first kappa shape index (κ1) is 24.2. The molecule has 0 fully saturated rings. The first-order chi connectivity index (χ1) is 18.0.